The molecule has 1 saturated heterocycles. The van der Waals surface area contributed by atoms with E-state index < -0.39 is 0 Å². The minimum Gasteiger partial charge on any atom is -0.353 e. The van der Waals surface area contributed by atoms with Crippen LogP contribution in [-0.2, 0) is 9.47 Å². The van der Waals surface area contributed by atoms with Crippen molar-refractivity contribution in [2.75, 3.05) is 19.7 Å². The van der Waals surface area contributed by atoms with Crippen molar-refractivity contribution in [3.63, 3.8) is 0 Å². The van der Waals surface area contributed by atoms with Gasteiger partial charge in [0, 0.05) is 19.7 Å². The van der Waals surface area contributed by atoms with Crippen LogP contribution in [0.2, 0.25) is 0 Å². The van der Waals surface area contributed by atoms with Crippen LogP contribution in [0.3, 0.4) is 0 Å². The lowest BCUT2D eigenvalue weighted by Crippen LogP contribution is -2.49. The Bertz CT molecular complexity index is 93.6. The summed E-state index contributed by atoms with van der Waals surface area (Å²) in [6.07, 6.45) is 0.332. The summed E-state index contributed by atoms with van der Waals surface area (Å²) in [5, 5.41) is 3.13. The van der Waals surface area contributed by atoms with Crippen molar-refractivity contribution >= 4 is 0 Å². The summed E-state index contributed by atoms with van der Waals surface area (Å²) in [6, 6.07) is 0. The van der Waals surface area contributed by atoms with Crippen LogP contribution in [-0.4, -0.2) is 32.1 Å². The van der Waals surface area contributed by atoms with Crippen LogP contribution < -0.4 is 5.32 Å². The topological polar surface area (TPSA) is 30.5 Å². The first kappa shape index (κ1) is 7.98. The van der Waals surface area contributed by atoms with E-state index in [1.807, 2.05) is 13.8 Å². The lowest BCUT2D eigenvalue weighted by atomic mass is 10.2. The molecule has 1 rings (SSSR count). The molecule has 60 valence electrons. The Labute approximate surface area is 61.7 Å². The Morgan fingerprint density at radius 3 is 2.70 bits per heavy atom. The molecule has 0 spiro atoms. The smallest absolute Gasteiger partial charge is 0.155 e. The zero-order valence-electron chi connectivity index (χ0n) is 6.59. The van der Waals surface area contributed by atoms with Gasteiger partial charge in [0.2, 0.25) is 0 Å². The van der Waals surface area contributed by atoms with Crippen LogP contribution in [0.5, 0.6) is 0 Å². The van der Waals surface area contributed by atoms with Gasteiger partial charge >= 0.3 is 0 Å². The molecule has 0 aromatic carbocycles. The number of nitrogens with one attached hydrogen (secondary N) is 1. The highest BCUT2D eigenvalue weighted by molar-refractivity contribution is 4.74. The van der Waals surface area contributed by atoms with E-state index >= 15 is 0 Å². The maximum atomic E-state index is 5.44. The van der Waals surface area contributed by atoms with Crippen molar-refractivity contribution in [2.45, 2.75) is 26.2 Å². The van der Waals surface area contributed by atoms with E-state index in [0.717, 1.165) is 19.7 Å². The van der Waals surface area contributed by atoms with Crippen molar-refractivity contribution in [1.82, 2.24) is 5.32 Å². The molecule has 10 heavy (non-hydrogen) atoms. The molecule has 0 aromatic heterocycles. The van der Waals surface area contributed by atoms with Crippen LogP contribution in [0.4, 0.5) is 0 Å². The molecule has 0 amide bonds. The molecule has 3 nitrogen and oxygen atoms in total. The van der Waals surface area contributed by atoms with Crippen LogP contribution in [0.15, 0.2) is 0 Å². The van der Waals surface area contributed by atoms with Gasteiger partial charge in [-0.1, -0.05) is 0 Å². The number of hydrogen-bond acceptors (Lipinski definition) is 3. The Morgan fingerprint density at radius 1 is 1.60 bits per heavy atom. The summed E-state index contributed by atoms with van der Waals surface area (Å²) in [5.41, 5.74) is 0. The Balaban J connectivity index is 1.99. The molecule has 0 aromatic rings. The summed E-state index contributed by atoms with van der Waals surface area (Å²) >= 11 is 0. The molecule has 1 aliphatic rings. The standard InChI is InChI=1S/C7H15NO2/c1-3-9-6(2)10-7-4-8-5-7/h6-8H,3-5H2,1-2H3. The van der Waals surface area contributed by atoms with Gasteiger partial charge in [-0.25, -0.2) is 0 Å². The van der Waals surface area contributed by atoms with E-state index in [1.54, 1.807) is 0 Å². The Hall–Kier alpha value is -0.120. The minimum atomic E-state index is -0.0444. The van der Waals surface area contributed by atoms with Gasteiger partial charge in [0.15, 0.2) is 6.29 Å². The SMILES string of the molecule is CCOC(C)OC1CNC1. The molecular formula is C7H15NO2. The van der Waals surface area contributed by atoms with Crippen molar-refractivity contribution in [1.29, 1.82) is 0 Å². The first-order valence-corrected chi connectivity index (χ1v) is 3.80. The molecular weight excluding hydrogens is 130 g/mol. The third kappa shape index (κ3) is 2.25. The molecule has 1 fully saturated rings. The molecule has 3 heteroatoms. The quantitative estimate of drug-likeness (QED) is 0.579. The molecule has 0 saturated carbocycles. The molecule has 1 aliphatic heterocycles. The minimum absolute atomic E-state index is 0.0444. The Kier molecular flexibility index (Phi) is 3.12. The largest absolute Gasteiger partial charge is 0.353 e. The monoisotopic (exact) mass is 145 g/mol. The molecule has 1 atom stereocenters. The third-order valence-electron chi connectivity index (χ3n) is 1.53. The highest BCUT2D eigenvalue weighted by Crippen LogP contribution is 2.03. The maximum absolute atomic E-state index is 5.44. The van der Waals surface area contributed by atoms with Crippen LogP contribution in [0, 0.1) is 0 Å². The lowest BCUT2D eigenvalue weighted by molar-refractivity contribution is -0.166. The van der Waals surface area contributed by atoms with Gasteiger partial charge in [-0.05, 0) is 13.8 Å². The predicted octanol–water partition coefficient (Wildman–Crippen LogP) is 0.357. The summed E-state index contributed by atoms with van der Waals surface area (Å²) in [7, 11) is 0. The van der Waals surface area contributed by atoms with Crippen LogP contribution in [0.25, 0.3) is 0 Å². The molecule has 0 radical (unpaired) electrons. The molecule has 1 heterocycles. The second-order valence-electron chi connectivity index (χ2n) is 2.44. The van der Waals surface area contributed by atoms with Gasteiger partial charge in [-0.2, -0.15) is 0 Å². The van der Waals surface area contributed by atoms with E-state index in [1.165, 1.54) is 0 Å². The highest BCUT2D eigenvalue weighted by atomic mass is 16.7. The third-order valence-corrected chi connectivity index (χ3v) is 1.53. The van der Waals surface area contributed by atoms with Gasteiger partial charge in [0.25, 0.3) is 0 Å². The highest BCUT2D eigenvalue weighted by Gasteiger charge is 2.19. The molecule has 0 aliphatic carbocycles. The second-order valence-corrected chi connectivity index (χ2v) is 2.44. The van der Waals surface area contributed by atoms with Gasteiger partial charge in [0.1, 0.15) is 0 Å². The van der Waals surface area contributed by atoms with Gasteiger partial charge in [-0.15, -0.1) is 0 Å². The van der Waals surface area contributed by atoms with Crippen molar-refractivity contribution in [2.24, 2.45) is 0 Å². The summed E-state index contributed by atoms with van der Waals surface area (Å²) < 4.78 is 10.6. The zero-order valence-corrected chi connectivity index (χ0v) is 6.59. The summed E-state index contributed by atoms with van der Waals surface area (Å²) in [5.74, 6) is 0. The molecule has 0 bridgehead atoms. The van der Waals surface area contributed by atoms with Crippen molar-refractivity contribution in [3.8, 4) is 0 Å². The maximum Gasteiger partial charge on any atom is 0.155 e. The fraction of sp³-hybridized carbons (Fsp3) is 1.00. The van der Waals surface area contributed by atoms with Gasteiger partial charge in [0.05, 0.1) is 6.10 Å². The van der Waals surface area contributed by atoms with Crippen molar-refractivity contribution < 1.29 is 9.47 Å². The van der Waals surface area contributed by atoms with E-state index in [2.05, 4.69) is 5.32 Å². The van der Waals surface area contributed by atoms with E-state index in [9.17, 15) is 0 Å². The normalized spacial score (nSPS) is 22.2. The second kappa shape index (κ2) is 3.91. The van der Waals surface area contributed by atoms with Gasteiger partial charge < -0.3 is 14.8 Å². The summed E-state index contributed by atoms with van der Waals surface area (Å²) in [4.78, 5) is 0. The lowest BCUT2D eigenvalue weighted by Gasteiger charge is -2.29. The van der Waals surface area contributed by atoms with Crippen molar-refractivity contribution in [3.05, 3.63) is 0 Å². The van der Waals surface area contributed by atoms with E-state index in [-0.39, 0.29) is 6.29 Å². The zero-order chi connectivity index (χ0) is 7.40. The van der Waals surface area contributed by atoms with Crippen LogP contribution in [0.1, 0.15) is 13.8 Å². The van der Waals surface area contributed by atoms with E-state index in [4.69, 9.17) is 9.47 Å². The first-order chi connectivity index (χ1) is 4.83. The van der Waals surface area contributed by atoms with Crippen LogP contribution >= 0.6 is 0 Å². The summed E-state index contributed by atoms with van der Waals surface area (Å²) in [6.45, 7) is 6.57. The Morgan fingerprint density at radius 2 is 2.30 bits per heavy atom. The molecule has 1 N–H and O–H groups in total. The van der Waals surface area contributed by atoms with E-state index in [0.29, 0.717) is 6.10 Å². The van der Waals surface area contributed by atoms with Gasteiger partial charge in [-0.3, -0.25) is 0 Å². The average Bonchev–Trinajstić information content (AvgIpc) is 1.80. The first-order valence-electron chi connectivity index (χ1n) is 3.80. The number of hydrogen-bond donors (Lipinski definition) is 1. The predicted molar refractivity (Wildman–Crippen MR) is 38.8 cm³/mol. The fourth-order valence-electron chi connectivity index (χ4n) is 0.903. The fourth-order valence-corrected chi connectivity index (χ4v) is 0.903. The molecule has 1 unspecified atom stereocenters. The average molecular weight is 145 g/mol. The number of ether oxygens (including phenoxy) is 2. The number of rotatable bonds is 4.